The lowest BCUT2D eigenvalue weighted by Crippen LogP contribution is -2.08. The number of nitrogens with zero attached hydrogens (tertiary/aromatic N) is 2. The number of methoxy groups -OCH3 is 3. The quantitative estimate of drug-likeness (QED) is 0.150. The van der Waals surface area contributed by atoms with Crippen LogP contribution in [0.2, 0.25) is 0 Å². The Morgan fingerprint density at radius 3 is 2.30 bits per heavy atom. The van der Waals surface area contributed by atoms with Crippen LogP contribution in [0.5, 0.6) is 23.0 Å². The molecular weight excluding hydrogens is 564 g/mol. The van der Waals surface area contributed by atoms with E-state index < -0.39 is 11.9 Å². The SMILES string of the molecule is CCCCn1ncc(/C=C(\Cc2cc(OC)ccc2OC)C(=O)O)c1-c1ccc(OC)cc1OCc1ccccc1C(=O)O. The van der Waals surface area contributed by atoms with Crippen LogP contribution in [-0.4, -0.2) is 53.3 Å². The normalized spacial score (nSPS) is 11.2. The summed E-state index contributed by atoms with van der Waals surface area (Å²) in [7, 11) is 4.63. The number of hydrogen-bond donors (Lipinski definition) is 2. The van der Waals surface area contributed by atoms with E-state index in [1.54, 1.807) is 75.0 Å². The lowest BCUT2D eigenvalue weighted by Gasteiger charge is -2.16. The lowest BCUT2D eigenvalue weighted by atomic mass is 9.99. The minimum absolute atomic E-state index is 0.00702. The van der Waals surface area contributed by atoms with Crippen molar-refractivity contribution in [3.8, 4) is 34.3 Å². The largest absolute Gasteiger partial charge is 0.497 e. The van der Waals surface area contributed by atoms with Crippen LogP contribution in [0.3, 0.4) is 0 Å². The second kappa shape index (κ2) is 14.8. The average molecular weight is 601 g/mol. The predicted octanol–water partition coefficient (Wildman–Crippen LogP) is 6.36. The van der Waals surface area contributed by atoms with Crippen molar-refractivity contribution >= 4 is 18.0 Å². The maximum Gasteiger partial charge on any atom is 0.336 e. The van der Waals surface area contributed by atoms with Crippen molar-refractivity contribution < 1.29 is 38.7 Å². The number of carbonyl (C=O) groups is 2. The van der Waals surface area contributed by atoms with Gasteiger partial charge in [0.2, 0.25) is 0 Å². The molecule has 230 valence electrons. The molecule has 0 saturated carbocycles. The Balaban J connectivity index is 1.82. The third-order valence-electron chi connectivity index (χ3n) is 7.14. The third kappa shape index (κ3) is 7.38. The Morgan fingerprint density at radius 2 is 1.61 bits per heavy atom. The molecule has 0 unspecified atom stereocenters. The fourth-order valence-corrected chi connectivity index (χ4v) is 4.83. The average Bonchev–Trinajstić information content (AvgIpc) is 3.43. The number of aromatic nitrogens is 2. The van der Waals surface area contributed by atoms with Crippen LogP contribution in [0.25, 0.3) is 17.3 Å². The molecule has 0 aliphatic carbocycles. The van der Waals surface area contributed by atoms with Crippen LogP contribution in [-0.2, 0) is 24.4 Å². The first-order valence-electron chi connectivity index (χ1n) is 14.1. The van der Waals surface area contributed by atoms with Gasteiger partial charge < -0.3 is 29.2 Å². The number of rotatable bonds is 15. The van der Waals surface area contributed by atoms with Crippen LogP contribution in [0.4, 0.5) is 0 Å². The number of carboxylic acid groups (broad SMARTS) is 2. The van der Waals surface area contributed by atoms with Gasteiger partial charge in [-0.2, -0.15) is 5.10 Å². The van der Waals surface area contributed by atoms with Gasteiger partial charge in [-0.3, -0.25) is 4.68 Å². The zero-order chi connectivity index (χ0) is 31.6. The fraction of sp³-hybridized carbons (Fsp3) is 0.265. The highest BCUT2D eigenvalue weighted by Gasteiger charge is 2.21. The van der Waals surface area contributed by atoms with Crippen LogP contribution in [0, 0.1) is 0 Å². The number of aryl methyl sites for hydroxylation is 1. The molecule has 0 aliphatic rings. The highest BCUT2D eigenvalue weighted by molar-refractivity contribution is 5.94. The van der Waals surface area contributed by atoms with E-state index in [2.05, 4.69) is 12.0 Å². The van der Waals surface area contributed by atoms with Crippen molar-refractivity contribution in [1.29, 1.82) is 0 Å². The fourth-order valence-electron chi connectivity index (χ4n) is 4.83. The van der Waals surface area contributed by atoms with Crippen LogP contribution >= 0.6 is 0 Å². The number of aliphatic carboxylic acids is 1. The molecule has 1 heterocycles. The minimum Gasteiger partial charge on any atom is -0.497 e. The van der Waals surface area contributed by atoms with Crippen molar-refractivity contribution in [2.24, 2.45) is 0 Å². The number of unbranched alkanes of at least 4 members (excludes halogenated alkanes) is 1. The molecule has 0 spiro atoms. The summed E-state index contributed by atoms with van der Waals surface area (Å²) in [5.74, 6) is -0.0212. The zero-order valence-electron chi connectivity index (χ0n) is 25.2. The van der Waals surface area contributed by atoms with Crippen LogP contribution < -0.4 is 18.9 Å². The monoisotopic (exact) mass is 600 g/mol. The summed E-state index contributed by atoms with van der Waals surface area (Å²) in [6, 6.07) is 17.2. The zero-order valence-corrected chi connectivity index (χ0v) is 25.2. The van der Waals surface area contributed by atoms with Gasteiger partial charge in [0.05, 0.1) is 38.8 Å². The maximum absolute atomic E-state index is 12.5. The molecular formula is C34H36N2O8. The molecule has 0 saturated heterocycles. The Kier molecular flexibility index (Phi) is 10.6. The molecule has 1 aromatic heterocycles. The smallest absolute Gasteiger partial charge is 0.336 e. The molecule has 0 fully saturated rings. The molecule has 0 aliphatic heterocycles. The third-order valence-corrected chi connectivity index (χ3v) is 7.14. The second-order valence-electron chi connectivity index (χ2n) is 9.97. The lowest BCUT2D eigenvalue weighted by molar-refractivity contribution is -0.132. The van der Waals surface area contributed by atoms with E-state index in [1.165, 1.54) is 13.2 Å². The summed E-state index contributed by atoms with van der Waals surface area (Å²) in [4.78, 5) is 24.3. The number of hydrogen-bond acceptors (Lipinski definition) is 7. The highest BCUT2D eigenvalue weighted by atomic mass is 16.5. The Labute approximate surface area is 256 Å². The maximum atomic E-state index is 12.5. The van der Waals surface area contributed by atoms with E-state index in [1.807, 2.05) is 10.7 Å². The molecule has 0 atom stereocenters. The first-order chi connectivity index (χ1) is 21.3. The van der Waals surface area contributed by atoms with E-state index in [0.29, 0.717) is 57.5 Å². The predicted molar refractivity (Wildman–Crippen MR) is 166 cm³/mol. The summed E-state index contributed by atoms with van der Waals surface area (Å²) in [6.07, 6.45) is 5.11. The number of ether oxygens (including phenoxy) is 4. The molecule has 4 aromatic rings. The first-order valence-corrected chi connectivity index (χ1v) is 14.1. The Bertz CT molecular complexity index is 1660. The summed E-state index contributed by atoms with van der Waals surface area (Å²) in [5.41, 5.74) is 3.34. The van der Waals surface area contributed by atoms with Gasteiger partial charge in [0.15, 0.2) is 0 Å². The van der Waals surface area contributed by atoms with Gasteiger partial charge in [-0.15, -0.1) is 0 Å². The number of carboxylic acids is 2. The van der Waals surface area contributed by atoms with E-state index in [-0.39, 0.29) is 24.2 Å². The van der Waals surface area contributed by atoms with Crippen LogP contribution in [0.15, 0.2) is 72.4 Å². The van der Waals surface area contributed by atoms with Crippen LogP contribution in [0.1, 0.15) is 46.8 Å². The molecule has 10 nitrogen and oxygen atoms in total. The van der Waals surface area contributed by atoms with Gasteiger partial charge in [-0.1, -0.05) is 31.5 Å². The van der Waals surface area contributed by atoms with Crippen molar-refractivity contribution in [2.45, 2.75) is 39.3 Å². The van der Waals surface area contributed by atoms with Gasteiger partial charge in [0.25, 0.3) is 0 Å². The second-order valence-corrected chi connectivity index (χ2v) is 9.97. The Morgan fingerprint density at radius 1 is 0.886 bits per heavy atom. The number of benzene rings is 3. The van der Waals surface area contributed by atoms with Gasteiger partial charge in [-0.25, -0.2) is 9.59 Å². The molecule has 4 rings (SSSR count). The van der Waals surface area contributed by atoms with Gasteiger partial charge in [0.1, 0.15) is 29.6 Å². The van der Waals surface area contributed by atoms with Gasteiger partial charge in [-0.05, 0) is 48.9 Å². The van der Waals surface area contributed by atoms with Gasteiger partial charge in [0, 0.05) is 46.9 Å². The molecule has 0 bridgehead atoms. The van der Waals surface area contributed by atoms with Crippen molar-refractivity contribution in [2.75, 3.05) is 21.3 Å². The van der Waals surface area contributed by atoms with Gasteiger partial charge >= 0.3 is 11.9 Å². The molecule has 2 N–H and O–H groups in total. The van der Waals surface area contributed by atoms with Crippen molar-refractivity contribution in [3.63, 3.8) is 0 Å². The molecule has 0 amide bonds. The standard InChI is InChI=1S/C34H36N2O8/c1-5-6-15-36-32(25(20-35-36)17-24(33(37)38)16-23-18-26(41-2)12-14-30(23)43-4)29-13-11-27(42-3)19-31(29)44-21-22-9-7-8-10-28(22)34(39)40/h7-14,17-20H,5-6,15-16,21H2,1-4H3,(H,37,38)(H,39,40)/b24-17+. The number of aromatic carboxylic acids is 1. The van der Waals surface area contributed by atoms with E-state index in [9.17, 15) is 19.8 Å². The summed E-state index contributed by atoms with van der Waals surface area (Å²) in [5, 5.41) is 24.5. The summed E-state index contributed by atoms with van der Waals surface area (Å²) >= 11 is 0. The summed E-state index contributed by atoms with van der Waals surface area (Å²) in [6.45, 7) is 2.67. The molecule has 10 heteroatoms. The van der Waals surface area contributed by atoms with Crippen molar-refractivity contribution in [3.05, 3.63) is 94.7 Å². The topological polar surface area (TPSA) is 129 Å². The molecule has 3 aromatic carbocycles. The highest BCUT2D eigenvalue weighted by Crippen LogP contribution is 2.37. The minimum atomic E-state index is -1.08. The molecule has 0 radical (unpaired) electrons. The summed E-state index contributed by atoms with van der Waals surface area (Å²) < 4.78 is 24.4. The first kappa shape index (κ1) is 31.7. The van der Waals surface area contributed by atoms with E-state index in [4.69, 9.17) is 18.9 Å². The Hall–Kier alpha value is -5.25. The van der Waals surface area contributed by atoms with Crippen molar-refractivity contribution in [1.82, 2.24) is 9.78 Å². The molecule has 44 heavy (non-hydrogen) atoms. The van der Waals surface area contributed by atoms with E-state index >= 15 is 0 Å². The van der Waals surface area contributed by atoms with E-state index in [0.717, 1.165) is 12.8 Å².